The highest BCUT2D eigenvalue weighted by molar-refractivity contribution is 7.98. The number of aryl methyl sites for hydroxylation is 1. The van der Waals surface area contributed by atoms with Crippen LogP contribution < -0.4 is 5.56 Å². The molecular formula is C14H11F3N2OS. The summed E-state index contributed by atoms with van der Waals surface area (Å²) in [7, 11) is 0. The van der Waals surface area contributed by atoms with Gasteiger partial charge >= 0.3 is 6.18 Å². The van der Waals surface area contributed by atoms with Crippen LogP contribution in [0.4, 0.5) is 13.2 Å². The lowest BCUT2D eigenvalue weighted by molar-refractivity contribution is -0.137. The zero-order chi connectivity index (χ0) is 15.0. The number of benzene rings is 1. The Morgan fingerprint density at radius 2 is 2.10 bits per heavy atom. The van der Waals surface area contributed by atoms with E-state index in [9.17, 15) is 18.0 Å². The number of thioether (sulfide) groups is 1. The molecule has 110 valence electrons. The summed E-state index contributed by atoms with van der Waals surface area (Å²) in [4.78, 5) is 18.9. The van der Waals surface area contributed by atoms with Gasteiger partial charge < -0.3 is 4.98 Å². The molecule has 2 heterocycles. The monoisotopic (exact) mass is 312 g/mol. The van der Waals surface area contributed by atoms with Gasteiger partial charge in [-0.25, -0.2) is 4.98 Å². The highest BCUT2D eigenvalue weighted by Crippen LogP contribution is 2.31. The predicted molar refractivity (Wildman–Crippen MR) is 75.2 cm³/mol. The van der Waals surface area contributed by atoms with Crippen LogP contribution in [-0.4, -0.2) is 15.7 Å². The number of hydrogen-bond acceptors (Lipinski definition) is 3. The number of nitrogens with one attached hydrogen (secondary N) is 1. The maximum atomic E-state index is 12.7. The van der Waals surface area contributed by atoms with Crippen molar-refractivity contribution in [3.05, 3.63) is 51.4 Å². The number of halogens is 3. The molecule has 0 atom stereocenters. The zero-order valence-corrected chi connectivity index (χ0v) is 11.6. The molecule has 7 heteroatoms. The van der Waals surface area contributed by atoms with Crippen LogP contribution in [0.25, 0.3) is 11.4 Å². The lowest BCUT2D eigenvalue weighted by atomic mass is 10.1. The van der Waals surface area contributed by atoms with Gasteiger partial charge in [-0.15, -0.1) is 0 Å². The summed E-state index contributed by atoms with van der Waals surface area (Å²) in [5.41, 5.74) is 0.561. The zero-order valence-electron chi connectivity index (χ0n) is 10.8. The lowest BCUT2D eigenvalue weighted by Crippen LogP contribution is -2.21. The van der Waals surface area contributed by atoms with Crippen LogP contribution in [0.1, 0.15) is 16.8 Å². The van der Waals surface area contributed by atoms with E-state index in [1.54, 1.807) is 11.8 Å². The van der Waals surface area contributed by atoms with Gasteiger partial charge in [-0.05, 0) is 24.3 Å². The quantitative estimate of drug-likeness (QED) is 0.879. The van der Waals surface area contributed by atoms with E-state index in [1.165, 1.54) is 12.1 Å². The van der Waals surface area contributed by atoms with Crippen molar-refractivity contribution in [1.29, 1.82) is 0 Å². The summed E-state index contributed by atoms with van der Waals surface area (Å²) >= 11 is 1.65. The second-order valence-corrected chi connectivity index (χ2v) is 5.83. The van der Waals surface area contributed by atoms with E-state index in [0.717, 1.165) is 17.9 Å². The molecule has 2 aromatic rings. The summed E-state index contributed by atoms with van der Waals surface area (Å²) in [6.45, 7) is 0. The number of aromatic amines is 1. The number of alkyl halides is 3. The van der Waals surface area contributed by atoms with Crippen LogP contribution >= 0.6 is 11.8 Å². The number of hydrogen-bond donors (Lipinski definition) is 1. The molecule has 0 radical (unpaired) electrons. The number of fused-ring (bicyclic) bond motifs is 1. The Labute approximate surface area is 122 Å². The summed E-state index contributed by atoms with van der Waals surface area (Å²) < 4.78 is 38.2. The van der Waals surface area contributed by atoms with Crippen molar-refractivity contribution >= 4 is 11.8 Å². The molecule has 0 unspecified atom stereocenters. The normalized spacial score (nSPS) is 14.8. The maximum absolute atomic E-state index is 12.7. The largest absolute Gasteiger partial charge is 0.416 e. The average molecular weight is 312 g/mol. The van der Waals surface area contributed by atoms with Crippen LogP contribution in [0.3, 0.4) is 0 Å². The van der Waals surface area contributed by atoms with Crippen LogP contribution in [0, 0.1) is 0 Å². The van der Waals surface area contributed by atoms with Crippen molar-refractivity contribution in [3.8, 4) is 11.4 Å². The third-order valence-corrected chi connectivity index (χ3v) is 4.28. The van der Waals surface area contributed by atoms with E-state index in [-0.39, 0.29) is 16.9 Å². The molecule has 0 fully saturated rings. The molecule has 0 amide bonds. The Morgan fingerprint density at radius 3 is 2.86 bits per heavy atom. The van der Waals surface area contributed by atoms with Gasteiger partial charge in [0.05, 0.1) is 11.3 Å². The molecule has 0 spiro atoms. The molecule has 0 saturated carbocycles. The van der Waals surface area contributed by atoms with Gasteiger partial charge in [0.15, 0.2) is 0 Å². The summed E-state index contributed by atoms with van der Waals surface area (Å²) in [6, 6.07) is 4.82. The van der Waals surface area contributed by atoms with Crippen molar-refractivity contribution in [2.75, 3.05) is 5.75 Å². The maximum Gasteiger partial charge on any atom is 0.416 e. The molecule has 0 bridgehead atoms. The SMILES string of the molecule is O=c1[nH]c(-c2cccc(C(F)(F)F)c2)nc2c1CSCC2. The first kappa shape index (κ1) is 14.2. The highest BCUT2D eigenvalue weighted by atomic mass is 32.2. The topological polar surface area (TPSA) is 45.8 Å². The molecule has 1 aromatic carbocycles. The summed E-state index contributed by atoms with van der Waals surface area (Å²) in [6.07, 6.45) is -3.75. The minimum atomic E-state index is -4.42. The first-order valence-electron chi connectivity index (χ1n) is 6.32. The summed E-state index contributed by atoms with van der Waals surface area (Å²) in [5, 5.41) is 0. The fraction of sp³-hybridized carbons (Fsp3) is 0.286. The number of rotatable bonds is 1. The van der Waals surface area contributed by atoms with E-state index >= 15 is 0 Å². The standard InChI is InChI=1S/C14H11F3N2OS/c15-14(16,17)9-3-1-2-8(6-9)12-18-11-4-5-21-7-10(11)13(20)19-12/h1-3,6H,4-5,7H2,(H,18,19,20). The van der Waals surface area contributed by atoms with Gasteiger partial charge in [-0.1, -0.05) is 12.1 Å². The van der Waals surface area contributed by atoms with Gasteiger partial charge in [0.25, 0.3) is 5.56 Å². The van der Waals surface area contributed by atoms with Gasteiger partial charge in [0, 0.05) is 16.9 Å². The fourth-order valence-electron chi connectivity index (χ4n) is 2.22. The lowest BCUT2D eigenvalue weighted by Gasteiger charge is -2.15. The van der Waals surface area contributed by atoms with Crippen LogP contribution in [0.15, 0.2) is 29.1 Å². The van der Waals surface area contributed by atoms with E-state index < -0.39 is 11.7 Å². The Hall–Kier alpha value is -1.76. The molecule has 0 saturated heterocycles. The second kappa shape index (κ2) is 5.22. The van der Waals surface area contributed by atoms with Crippen molar-refractivity contribution in [3.63, 3.8) is 0 Å². The fourth-order valence-corrected chi connectivity index (χ4v) is 3.21. The smallest absolute Gasteiger partial charge is 0.306 e. The third kappa shape index (κ3) is 2.83. The summed E-state index contributed by atoms with van der Waals surface area (Å²) in [5.74, 6) is 1.66. The minimum absolute atomic E-state index is 0.191. The molecule has 3 rings (SSSR count). The Bertz CT molecular complexity index is 740. The van der Waals surface area contributed by atoms with Crippen LogP contribution in [0.2, 0.25) is 0 Å². The molecule has 1 aliphatic rings. The Balaban J connectivity index is 2.09. The van der Waals surface area contributed by atoms with Crippen molar-refractivity contribution < 1.29 is 13.2 Å². The van der Waals surface area contributed by atoms with Gasteiger partial charge in [-0.2, -0.15) is 24.9 Å². The minimum Gasteiger partial charge on any atom is -0.306 e. The van der Waals surface area contributed by atoms with Crippen LogP contribution in [0.5, 0.6) is 0 Å². The molecule has 1 aliphatic heterocycles. The molecule has 1 N–H and O–H groups in total. The third-order valence-electron chi connectivity index (χ3n) is 3.29. The molecule has 21 heavy (non-hydrogen) atoms. The van der Waals surface area contributed by atoms with E-state index in [2.05, 4.69) is 9.97 Å². The number of nitrogens with zero attached hydrogens (tertiary/aromatic N) is 1. The highest BCUT2D eigenvalue weighted by Gasteiger charge is 2.30. The van der Waals surface area contributed by atoms with Crippen LogP contribution in [-0.2, 0) is 18.3 Å². The van der Waals surface area contributed by atoms with Gasteiger partial charge in [0.2, 0.25) is 0 Å². The first-order chi connectivity index (χ1) is 9.95. The predicted octanol–water partition coefficient (Wildman–Crippen LogP) is 3.25. The number of aromatic nitrogens is 2. The Kier molecular flexibility index (Phi) is 3.52. The average Bonchev–Trinajstić information content (AvgIpc) is 2.46. The van der Waals surface area contributed by atoms with E-state index in [4.69, 9.17) is 0 Å². The molecule has 1 aromatic heterocycles. The molecular weight excluding hydrogens is 301 g/mol. The van der Waals surface area contributed by atoms with Crippen molar-refractivity contribution in [2.24, 2.45) is 0 Å². The van der Waals surface area contributed by atoms with Gasteiger partial charge in [-0.3, -0.25) is 4.79 Å². The van der Waals surface area contributed by atoms with E-state index in [0.29, 0.717) is 23.4 Å². The first-order valence-corrected chi connectivity index (χ1v) is 7.48. The molecule has 3 nitrogen and oxygen atoms in total. The van der Waals surface area contributed by atoms with Crippen molar-refractivity contribution in [1.82, 2.24) is 9.97 Å². The van der Waals surface area contributed by atoms with Crippen molar-refractivity contribution in [2.45, 2.75) is 18.3 Å². The second-order valence-electron chi connectivity index (χ2n) is 4.72. The Morgan fingerprint density at radius 1 is 1.29 bits per heavy atom. The van der Waals surface area contributed by atoms with Gasteiger partial charge in [0.1, 0.15) is 5.82 Å². The molecule has 0 aliphatic carbocycles. The van der Waals surface area contributed by atoms with E-state index in [1.807, 2.05) is 0 Å². The number of H-pyrrole nitrogens is 1.